The minimum atomic E-state index is -0.0989. The number of fused-ring (bicyclic) bond motifs is 1. The molecule has 2 aromatic carbocycles. The quantitative estimate of drug-likeness (QED) is 0.437. The molecular weight excluding hydrogens is 336 g/mol. The number of terminal acetylenes is 1. The monoisotopic (exact) mass is 362 g/mol. The van der Waals surface area contributed by atoms with Gasteiger partial charge in [-0.1, -0.05) is 24.1 Å². The first-order valence-electron chi connectivity index (χ1n) is 9.28. The second-order valence-electron chi connectivity index (χ2n) is 6.72. The highest BCUT2D eigenvalue weighted by molar-refractivity contribution is 5.64. The summed E-state index contributed by atoms with van der Waals surface area (Å²) < 4.78 is 11.7. The lowest BCUT2D eigenvalue weighted by atomic mass is 9.91. The van der Waals surface area contributed by atoms with E-state index in [0.29, 0.717) is 6.61 Å². The Morgan fingerprint density at radius 2 is 2.22 bits per heavy atom. The fourth-order valence-electron chi connectivity index (χ4n) is 3.15. The maximum atomic E-state index is 6.12. The van der Waals surface area contributed by atoms with Crippen molar-refractivity contribution in [2.75, 3.05) is 26.8 Å². The van der Waals surface area contributed by atoms with Crippen molar-refractivity contribution in [1.29, 1.82) is 0 Å². The van der Waals surface area contributed by atoms with Gasteiger partial charge < -0.3 is 14.4 Å². The van der Waals surface area contributed by atoms with Crippen LogP contribution in [-0.4, -0.2) is 38.0 Å². The van der Waals surface area contributed by atoms with Gasteiger partial charge in [0.1, 0.15) is 18.5 Å². The van der Waals surface area contributed by atoms with Gasteiger partial charge in [0.15, 0.2) is 0 Å². The average molecular weight is 362 g/mol. The van der Waals surface area contributed by atoms with Crippen LogP contribution in [0, 0.1) is 19.3 Å². The lowest BCUT2D eigenvalue weighted by Crippen LogP contribution is -2.18. The first-order chi connectivity index (χ1) is 13.1. The Balaban J connectivity index is 1.92. The van der Waals surface area contributed by atoms with E-state index in [0.717, 1.165) is 35.5 Å². The predicted octanol–water partition coefficient (Wildman–Crippen LogP) is 4.28. The number of hydrogen-bond acceptors (Lipinski definition) is 3. The van der Waals surface area contributed by atoms with Gasteiger partial charge in [0, 0.05) is 13.6 Å². The minimum absolute atomic E-state index is 0.0989. The third-order valence-electron chi connectivity index (χ3n) is 4.77. The van der Waals surface area contributed by atoms with E-state index in [4.69, 9.17) is 15.9 Å². The molecule has 3 rings (SSSR count). The SMILES string of the molecule is C#CCOc1cccc(C2OCCc3cc(/N=C/N(C)CC)c(C)cc32)c1. The standard InChI is InChI=1S/C23H26N2O2/c1-5-11-26-20-9-7-8-19(14-20)23-21-13-17(3)22(24-16-25(4)6-2)15-18(21)10-12-27-23/h1,7-9,13-16,23H,6,10-12H2,2-4H3/b24-16+. The summed E-state index contributed by atoms with van der Waals surface area (Å²) in [4.78, 5) is 6.71. The van der Waals surface area contributed by atoms with Crippen molar-refractivity contribution in [3.63, 3.8) is 0 Å². The molecular formula is C23H26N2O2. The van der Waals surface area contributed by atoms with E-state index in [2.05, 4.69) is 47.9 Å². The summed E-state index contributed by atoms with van der Waals surface area (Å²) in [5, 5.41) is 0. The Morgan fingerprint density at radius 3 is 3.00 bits per heavy atom. The molecule has 0 N–H and O–H groups in total. The third kappa shape index (κ3) is 4.50. The summed E-state index contributed by atoms with van der Waals surface area (Å²) in [6.07, 6.45) is 7.97. The van der Waals surface area contributed by atoms with Gasteiger partial charge in [0.25, 0.3) is 0 Å². The van der Waals surface area contributed by atoms with Gasteiger partial charge in [-0.05, 0) is 60.7 Å². The van der Waals surface area contributed by atoms with Gasteiger partial charge in [0.2, 0.25) is 0 Å². The van der Waals surface area contributed by atoms with E-state index in [1.54, 1.807) is 0 Å². The molecule has 1 aliphatic heterocycles. The van der Waals surface area contributed by atoms with Crippen molar-refractivity contribution in [2.45, 2.75) is 26.4 Å². The topological polar surface area (TPSA) is 34.1 Å². The number of benzene rings is 2. The molecule has 1 atom stereocenters. The van der Waals surface area contributed by atoms with Crippen LogP contribution in [0.5, 0.6) is 5.75 Å². The summed E-state index contributed by atoms with van der Waals surface area (Å²) in [7, 11) is 2.02. The van der Waals surface area contributed by atoms with Crippen LogP contribution in [0.2, 0.25) is 0 Å². The van der Waals surface area contributed by atoms with E-state index in [1.807, 2.05) is 31.6 Å². The van der Waals surface area contributed by atoms with E-state index in [9.17, 15) is 0 Å². The highest BCUT2D eigenvalue weighted by Crippen LogP contribution is 2.37. The molecule has 1 unspecified atom stereocenters. The molecule has 1 aliphatic rings. The molecule has 0 amide bonds. The Bertz CT molecular complexity index is 867. The lowest BCUT2D eigenvalue weighted by Gasteiger charge is -2.27. The summed E-state index contributed by atoms with van der Waals surface area (Å²) in [5.41, 5.74) is 5.73. The Kier molecular flexibility index (Phi) is 6.16. The fourth-order valence-corrected chi connectivity index (χ4v) is 3.15. The van der Waals surface area contributed by atoms with Crippen molar-refractivity contribution in [3.8, 4) is 18.1 Å². The van der Waals surface area contributed by atoms with Crippen molar-refractivity contribution in [2.24, 2.45) is 4.99 Å². The van der Waals surface area contributed by atoms with Crippen LogP contribution in [0.1, 0.15) is 35.3 Å². The van der Waals surface area contributed by atoms with Crippen LogP contribution in [0.25, 0.3) is 0 Å². The van der Waals surface area contributed by atoms with Gasteiger partial charge >= 0.3 is 0 Å². The van der Waals surface area contributed by atoms with Crippen LogP contribution in [0.4, 0.5) is 5.69 Å². The molecule has 140 valence electrons. The first kappa shape index (κ1) is 19.0. The smallest absolute Gasteiger partial charge is 0.148 e. The zero-order valence-electron chi connectivity index (χ0n) is 16.2. The molecule has 0 bridgehead atoms. The van der Waals surface area contributed by atoms with E-state index in [-0.39, 0.29) is 12.7 Å². The van der Waals surface area contributed by atoms with Crippen LogP contribution >= 0.6 is 0 Å². The number of aryl methyl sites for hydroxylation is 1. The summed E-state index contributed by atoms with van der Waals surface area (Å²) in [5.74, 6) is 3.26. The van der Waals surface area contributed by atoms with Gasteiger partial charge in [-0.3, -0.25) is 0 Å². The van der Waals surface area contributed by atoms with E-state index in [1.165, 1.54) is 11.1 Å². The average Bonchev–Trinajstić information content (AvgIpc) is 2.70. The normalized spacial score (nSPS) is 16.0. The van der Waals surface area contributed by atoms with Crippen molar-refractivity contribution >= 4 is 12.0 Å². The van der Waals surface area contributed by atoms with Crippen molar-refractivity contribution in [1.82, 2.24) is 4.90 Å². The predicted molar refractivity (Wildman–Crippen MR) is 110 cm³/mol. The van der Waals surface area contributed by atoms with E-state index >= 15 is 0 Å². The number of nitrogens with zero attached hydrogens (tertiary/aromatic N) is 2. The Morgan fingerprint density at radius 1 is 1.37 bits per heavy atom. The number of ether oxygens (including phenoxy) is 2. The van der Waals surface area contributed by atoms with Crippen LogP contribution in [0.3, 0.4) is 0 Å². The molecule has 0 aliphatic carbocycles. The highest BCUT2D eigenvalue weighted by atomic mass is 16.5. The van der Waals surface area contributed by atoms with Crippen molar-refractivity contribution < 1.29 is 9.47 Å². The molecule has 1 heterocycles. The molecule has 0 saturated heterocycles. The molecule has 0 saturated carbocycles. The van der Waals surface area contributed by atoms with Gasteiger partial charge in [-0.15, -0.1) is 6.42 Å². The third-order valence-corrected chi connectivity index (χ3v) is 4.77. The molecule has 0 aromatic heterocycles. The first-order valence-corrected chi connectivity index (χ1v) is 9.28. The van der Waals surface area contributed by atoms with Gasteiger partial charge in [0.05, 0.1) is 18.6 Å². The van der Waals surface area contributed by atoms with Gasteiger partial charge in [-0.25, -0.2) is 4.99 Å². The van der Waals surface area contributed by atoms with Crippen LogP contribution in [0.15, 0.2) is 41.4 Å². The molecule has 4 heteroatoms. The van der Waals surface area contributed by atoms with Crippen LogP contribution in [-0.2, 0) is 11.2 Å². The van der Waals surface area contributed by atoms with Crippen LogP contribution < -0.4 is 4.74 Å². The number of hydrogen-bond donors (Lipinski definition) is 0. The summed E-state index contributed by atoms with van der Waals surface area (Å²) in [6, 6.07) is 12.4. The number of rotatable bonds is 6. The second kappa shape index (κ2) is 8.75. The van der Waals surface area contributed by atoms with Crippen molar-refractivity contribution in [3.05, 3.63) is 58.7 Å². The zero-order valence-corrected chi connectivity index (χ0v) is 16.2. The lowest BCUT2D eigenvalue weighted by molar-refractivity contribution is 0.0696. The molecule has 4 nitrogen and oxygen atoms in total. The molecule has 2 aromatic rings. The summed E-state index contributed by atoms with van der Waals surface area (Å²) in [6.45, 7) is 6.08. The zero-order chi connectivity index (χ0) is 19.2. The number of aliphatic imine (C=N–C) groups is 1. The summed E-state index contributed by atoms with van der Waals surface area (Å²) >= 11 is 0. The van der Waals surface area contributed by atoms with E-state index < -0.39 is 0 Å². The Hall–Kier alpha value is -2.77. The maximum Gasteiger partial charge on any atom is 0.148 e. The molecule has 0 spiro atoms. The Labute approximate surface area is 161 Å². The largest absolute Gasteiger partial charge is 0.481 e. The second-order valence-corrected chi connectivity index (χ2v) is 6.72. The highest BCUT2D eigenvalue weighted by Gasteiger charge is 2.24. The van der Waals surface area contributed by atoms with Gasteiger partial charge in [-0.2, -0.15) is 0 Å². The minimum Gasteiger partial charge on any atom is -0.481 e. The molecule has 0 fully saturated rings. The fraction of sp³-hybridized carbons (Fsp3) is 0.348. The molecule has 27 heavy (non-hydrogen) atoms. The molecule has 0 radical (unpaired) electrons. The maximum absolute atomic E-state index is 6.12.